The second-order valence-corrected chi connectivity index (χ2v) is 6.33. The van der Waals surface area contributed by atoms with E-state index in [1.165, 1.54) is 0 Å². The zero-order valence-electron chi connectivity index (χ0n) is 15.9. The highest BCUT2D eigenvalue weighted by Crippen LogP contribution is 2.20. The number of aromatic nitrogens is 3. The first-order chi connectivity index (χ1) is 13.6. The molecule has 1 aromatic heterocycles. The lowest BCUT2D eigenvalue weighted by Crippen LogP contribution is -2.44. The van der Waals surface area contributed by atoms with Crippen molar-refractivity contribution in [3.8, 4) is 17.1 Å². The van der Waals surface area contributed by atoms with E-state index >= 15 is 0 Å². The molecule has 2 amide bonds. The SMILES string of the molecule is CCC(CC)C(=O)NNC(=O)c1nc(-c2ccccc2)n(-c2ccccc2)n1. The van der Waals surface area contributed by atoms with Gasteiger partial charge in [0.05, 0.1) is 5.69 Å². The van der Waals surface area contributed by atoms with Crippen LogP contribution >= 0.6 is 0 Å². The fraction of sp³-hybridized carbons (Fsp3) is 0.238. The van der Waals surface area contributed by atoms with E-state index in [2.05, 4.69) is 20.9 Å². The van der Waals surface area contributed by atoms with Gasteiger partial charge in [0, 0.05) is 11.5 Å². The number of para-hydroxylation sites is 1. The first-order valence-electron chi connectivity index (χ1n) is 9.32. The van der Waals surface area contributed by atoms with Crippen molar-refractivity contribution in [2.45, 2.75) is 26.7 Å². The molecule has 0 saturated heterocycles. The Kier molecular flexibility index (Phi) is 6.16. The number of amides is 2. The number of benzene rings is 2. The lowest BCUT2D eigenvalue weighted by Gasteiger charge is -2.12. The minimum Gasteiger partial charge on any atom is -0.273 e. The highest BCUT2D eigenvalue weighted by molar-refractivity contribution is 5.92. The van der Waals surface area contributed by atoms with Crippen LogP contribution in [0.15, 0.2) is 60.7 Å². The predicted molar refractivity (Wildman–Crippen MR) is 106 cm³/mol. The molecule has 2 aromatic carbocycles. The van der Waals surface area contributed by atoms with Crippen molar-refractivity contribution >= 4 is 11.8 Å². The average molecular weight is 377 g/mol. The second kappa shape index (κ2) is 8.94. The number of carbonyl (C=O) groups is 2. The maximum absolute atomic E-state index is 12.5. The summed E-state index contributed by atoms with van der Waals surface area (Å²) in [5.41, 5.74) is 6.50. The lowest BCUT2D eigenvalue weighted by atomic mass is 10.0. The number of rotatable bonds is 6. The van der Waals surface area contributed by atoms with Gasteiger partial charge in [0.1, 0.15) is 0 Å². The van der Waals surface area contributed by atoms with Gasteiger partial charge in [-0.3, -0.25) is 20.4 Å². The fourth-order valence-electron chi connectivity index (χ4n) is 2.87. The van der Waals surface area contributed by atoms with Crippen molar-refractivity contribution in [2.75, 3.05) is 0 Å². The highest BCUT2D eigenvalue weighted by Gasteiger charge is 2.20. The summed E-state index contributed by atoms with van der Waals surface area (Å²) < 4.78 is 1.62. The van der Waals surface area contributed by atoms with Crippen LogP contribution in [0.5, 0.6) is 0 Å². The van der Waals surface area contributed by atoms with Gasteiger partial charge >= 0.3 is 5.91 Å². The second-order valence-electron chi connectivity index (χ2n) is 6.33. The molecule has 0 spiro atoms. The van der Waals surface area contributed by atoms with E-state index in [1.807, 2.05) is 74.5 Å². The molecule has 1 heterocycles. The Morgan fingerprint density at radius 2 is 1.54 bits per heavy atom. The third-order valence-electron chi connectivity index (χ3n) is 4.50. The molecule has 144 valence electrons. The molecule has 7 nitrogen and oxygen atoms in total. The van der Waals surface area contributed by atoms with Gasteiger partial charge in [0.15, 0.2) is 5.82 Å². The summed E-state index contributed by atoms with van der Waals surface area (Å²) in [5, 5.41) is 4.36. The number of carbonyl (C=O) groups excluding carboxylic acids is 2. The summed E-state index contributed by atoms with van der Waals surface area (Å²) in [6.07, 6.45) is 1.41. The van der Waals surface area contributed by atoms with E-state index < -0.39 is 5.91 Å². The van der Waals surface area contributed by atoms with E-state index in [4.69, 9.17) is 0 Å². The van der Waals surface area contributed by atoms with Crippen LogP contribution < -0.4 is 10.9 Å². The summed E-state index contributed by atoms with van der Waals surface area (Å²) >= 11 is 0. The normalized spacial score (nSPS) is 10.7. The van der Waals surface area contributed by atoms with E-state index in [9.17, 15) is 9.59 Å². The summed E-state index contributed by atoms with van der Waals surface area (Å²) in [4.78, 5) is 29.0. The summed E-state index contributed by atoms with van der Waals surface area (Å²) in [5.74, 6) is -0.402. The van der Waals surface area contributed by atoms with Gasteiger partial charge in [-0.1, -0.05) is 62.4 Å². The van der Waals surface area contributed by atoms with Crippen molar-refractivity contribution in [3.63, 3.8) is 0 Å². The Bertz CT molecular complexity index is 877. The van der Waals surface area contributed by atoms with Crippen LogP contribution in [0.4, 0.5) is 0 Å². The van der Waals surface area contributed by atoms with Gasteiger partial charge in [-0.25, -0.2) is 9.67 Å². The first kappa shape index (κ1) is 19.3. The third-order valence-corrected chi connectivity index (χ3v) is 4.50. The summed E-state index contributed by atoms with van der Waals surface area (Å²) in [7, 11) is 0. The minimum atomic E-state index is -0.564. The van der Waals surface area contributed by atoms with Gasteiger partial charge in [0.2, 0.25) is 11.7 Å². The number of hydrazine groups is 1. The maximum atomic E-state index is 12.5. The molecule has 0 fully saturated rings. The van der Waals surface area contributed by atoms with E-state index in [0.29, 0.717) is 18.7 Å². The topological polar surface area (TPSA) is 88.9 Å². The van der Waals surface area contributed by atoms with Crippen LogP contribution in [0, 0.1) is 5.92 Å². The highest BCUT2D eigenvalue weighted by atomic mass is 16.2. The third kappa shape index (κ3) is 4.25. The zero-order valence-corrected chi connectivity index (χ0v) is 15.9. The molecule has 0 bridgehead atoms. The molecular formula is C21H23N5O2. The van der Waals surface area contributed by atoms with Gasteiger partial charge in [-0.05, 0) is 25.0 Å². The molecule has 0 atom stereocenters. The Balaban J connectivity index is 1.87. The van der Waals surface area contributed by atoms with E-state index in [0.717, 1.165) is 11.3 Å². The minimum absolute atomic E-state index is 0.0208. The molecule has 28 heavy (non-hydrogen) atoms. The molecule has 3 rings (SSSR count). The molecule has 0 unspecified atom stereocenters. The Labute approximate surface area is 163 Å². The summed E-state index contributed by atoms with van der Waals surface area (Å²) in [6.45, 7) is 3.87. The van der Waals surface area contributed by atoms with Crippen molar-refractivity contribution in [1.29, 1.82) is 0 Å². The largest absolute Gasteiger partial charge is 0.309 e. The molecular weight excluding hydrogens is 354 g/mol. The quantitative estimate of drug-likeness (QED) is 0.646. The van der Waals surface area contributed by atoms with Gasteiger partial charge in [-0.15, -0.1) is 5.10 Å². The standard InChI is InChI=1S/C21H23N5O2/c1-3-15(4-2)20(27)23-24-21(28)18-22-19(16-11-7-5-8-12-16)26(25-18)17-13-9-6-10-14-17/h5-15H,3-4H2,1-2H3,(H,23,27)(H,24,28). The molecule has 0 aliphatic heterocycles. The molecule has 0 aliphatic carbocycles. The van der Waals surface area contributed by atoms with Gasteiger partial charge in [-0.2, -0.15) is 0 Å². The molecule has 3 aromatic rings. The van der Waals surface area contributed by atoms with Gasteiger partial charge in [0.25, 0.3) is 0 Å². The molecule has 0 aliphatic rings. The number of nitrogens with one attached hydrogen (secondary N) is 2. The molecule has 0 radical (unpaired) electrons. The van der Waals surface area contributed by atoms with Crippen LogP contribution in [0.25, 0.3) is 17.1 Å². The van der Waals surface area contributed by atoms with E-state index in [-0.39, 0.29) is 17.6 Å². The lowest BCUT2D eigenvalue weighted by molar-refractivity contribution is -0.126. The van der Waals surface area contributed by atoms with Crippen molar-refractivity contribution in [1.82, 2.24) is 25.6 Å². The maximum Gasteiger partial charge on any atom is 0.309 e. The fourth-order valence-corrected chi connectivity index (χ4v) is 2.87. The average Bonchev–Trinajstić information content (AvgIpc) is 3.20. The predicted octanol–water partition coefficient (Wildman–Crippen LogP) is 3.13. The number of hydrogen-bond donors (Lipinski definition) is 2. The molecule has 7 heteroatoms. The summed E-state index contributed by atoms with van der Waals surface area (Å²) in [6, 6.07) is 19.0. The Morgan fingerprint density at radius 1 is 0.929 bits per heavy atom. The zero-order chi connectivity index (χ0) is 19.9. The number of hydrogen-bond acceptors (Lipinski definition) is 4. The molecule has 0 saturated carbocycles. The van der Waals surface area contributed by atoms with Crippen molar-refractivity contribution in [2.24, 2.45) is 5.92 Å². The first-order valence-corrected chi connectivity index (χ1v) is 9.32. The van der Waals surface area contributed by atoms with Crippen LogP contribution in [0.2, 0.25) is 0 Å². The van der Waals surface area contributed by atoms with Crippen LogP contribution in [0.1, 0.15) is 37.3 Å². The van der Waals surface area contributed by atoms with E-state index in [1.54, 1.807) is 4.68 Å². The van der Waals surface area contributed by atoms with Crippen molar-refractivity contribution in [3.05, 3.63) is 66.5 Å². The monoisotopic (exact) mass is 377 g/mol. The Hall–Kier alpha value is -3.48. The van der Waals surface area contributed by atoms with Gasteiger partial charge < -0.3 is 0 Å². The van der Waals surface area contributed by atoms with Crippen LogP contribution in [-0.2, 0) is 4.79 Å². The smallest absolute Gasteiger partial charge is 0.273 e. The number of nitrogens with zero attached hydrogens (tertiary/aromatic N) is 3. The van der Waals surface area contributed by atoms with Crippen LogP contribution in [0.3, 0.4) is 0 Å². The van der Waals surface area contributed by atoms with Crippen molar-refractivity contribution < 1.29 is 9.59 Å². The Morgan fingerprint density at radius 3 is 2.14 bits per heavy atom. The molecule has 2 N–H and O–H groups in total. The van der Waals surface area contributed by atoms with Crippen LogP contribution in [-0.4, -0.2) is 26.6 Å².